The minimum absolute atomic E-state index is 0.0549. The summed E-state index contributed by atoms with van der Waals surface area (Å²) < 4.78 is 16.4. The average Bonchev–Trinajstić information content (AvgIpc) is 2.77. The van der Waals surface area contributed by atoms with Gasteiger partial charge in [-0.2, -0.15) is 0 Å². The molecule has 0 spiro atoms. The molecule has 5 heteroatoms. The Morgan fingerprint density at radius 1 is 1.28 bits per heavy atom. The standard InChI is InChI=1S/C13H20BNO3/c1-14-15-13(11-6-4-3-5-7-11)12(18-14)10-17-9-8-16-2/h3-7,12-13,15H,8-10H2,1-2H3/t12-,13+/m0/s1. The molecule has 1 fully saturated rings. The Morgan fingerprint density at radius 2 is 2.06 bits per heavy atom. The van der Waals surface area contributed by atoms with Gasteiger partial charge in [0.05, 0.1) is 32.0 Å². The number of hydrogen-bond donors (Lipinski definition) is 1. The summed E-state index contributed by atoms with van der Waals surface area (Å²) >= 11 is 0. The molecule has 98 valence electrons. The van der Waals surface area contributed by atoms with Gasteiger partial charge in [-0.15, -0.1) is 0 Å². The van der Waals surface area contributed by atoms with Crippen LogP contribution in [0, 0.1) is 0 Å². The maximum atomic E-state index is 5.83. The highest BCUT2D eigenvalue weighted by Gasteiger charge is 2.35. The highest BCUT2D eigenvalue weighted by molar-refractivity contribution is 6.48. The first-order valence-corrected chi connectivity index (χ1v) is 6.34. The van der Waals surface area contributed by atoms with E-state index >= 15 is 0 Å². The molecule has 1 aromatic carbocycles. The first-order valence-electron chi connectivity index (χ1n) is 6.34. The zero-order valence-electron chi connectivity index (χ0n) is 11.0. The summed E-state index contributed by atoms with van der Waals surface area (Å²) in [6.45, 7) is 3.82. The van der Waals surface area contributed by atoms with Crippen molar-refractivity contribution in [1.82, 2.24) is 5.23 Å². The molecule has 18 heavy (non-hydrogen) atoms. The highest BCUT2D eigenvalue weighted by atomic mass is 16.5. The van der Waals surface area contributed by atoms with Gasteiger partial charge in [0.15, 0.2) is 0 Å². The molecule has 2 rings (SSSR count). The maximum absolute atomic E-state index is 5.83. The molecule has 4 nitrogen and oxygen atoms in total. The van der Waals surface area contributed by atoms with E-state index in [1.54, 1.807) is 7.11 Å². The van der Waals surface area contributed by atoms with E-state index in [9.17, 15) is 0 Å². The third-order valence-corrected chi connectivity index (χ3v) is 3.04. The van der Waals surface area contributed by atoms with Crippen LogP contribution < -0.4 is 5.23 Å². The zero-order valence-corrected chi connectivity index (χ0v) is 11.0. The van der Waals surface area contributed by atoms with Crippen LogP contribution in [0.5, 0.6) is 0 Å². The Morgan fingerprint density at radius 3 is 2.78 bits per heavy atom. The number of rotatable bonds is 6. The molecular formula is C13H20BNO3. The Hall–Kier alpha value is -0.875. The van der Waals surface area contributed by atoms with Crippen LogP contribution in [0.3, 0.4) is 0 Å². The van der Waals surface area contributed by atoms with Gasteiger partial charge in [-0.25, -0.2) is 0 Å². The molecule has 0 unspecified atom stereocenters. The molecule has 1 aliphatic rings. The fourth-order valence-electron chi connectivity index (χ4n) is 2.19. The first kappa shape index (κ1) is 13.6. The van der Waals surface area contributed by atoms with E-state index < -0.39 is 0 Å². The van der Waals surface area contributed by atoms with Gasteiger partial charge in [-0.1, -0.05) is 30.3 Å². The van der Waals surface area contributed by atoms with Gasteiger partial charge in [0.2, 0.25) is 0 Å². The molecule has 0 amide bonds. The summed E-state index contributed by atoms with van der Waals surface area (Å²) in [5.74, 6) is 0. The Balaban J connectivity index is 1.91. The summed E-state index contributed by atoms with van der Waals surface area (Å²) in [7, 11) is 1.73. The van der Waals surface area contributed by atoms with Crippen LogP contribution in [0.15, 0.2) is 30.3 Å². The molecular weight excluding hydrogens is 229 g/mol. The third-order valence-electron chi connectivity index (χ3n) is 3.04. The second kappa shape index (κ2) is 6.90. The third kappa shape index (κ3) is 3.56. The quantitative estimate of drug-likeness (QED) is 0.612. The number of nitrogens with one attached hydrogen (secondary N) is 1. The molecule has 1 aromatic rings. The van der Waals surface area contributed by atoms with Crippen molar-refractivity contribution in [2.45, 2.75) is 19.0 Å². The lowest BCUT2D eigenvalue weighted by Crippen LogP contribution is -2.28. The van der Waals surface area contributed by atoms with Crippen molar-refractivity contribution in [3.63, 3.8) is 0 Å². The lowest BCUT2D eigenvalue weighted by molar-refractivity contribution is 0.0225. The molecule has 0 bridgehead atoms. The van der Waals surface area contributed by atoms with E-state index in [4.69, 9.17) is 14.1 Å². The molecule has 1 saturated heterocycles. The van der Waals surface area contributed by atoms with E-state index in [0.717, 1.165) is 0 Å². The fourth-order valence-corrected chi connectivity index (χ4v) is 2.19. The predicted octanol–water partition coefficient (Wildman–Crippen LogP) is 1.50. The summed E-state index contributed by atoms with van der Waals surface area (Å²) in [6.07, 6.45) is 0.0549. The minimum atomic E-state index is 0.0549. The van der Waals surface area contributed by atoms with Gasteiger partial charge < -0.3 is 19.4 Å². The van der Waals surface area contributed by atoms with Crippen LogP contribution >= 0.6 is 0 Å². The molecule has 0 aliphatic carbocycles. The largest absolute Gasteiger partial charge is 0.414 e. The summed E-state index contributed by atoms with van der Waals surface area (Å²) in [5.41, 5.74) is 1.24. The first-order chi connectivity index (χ1) is 8.81. The highest BCUT2D eigenvalue weighted by Crippen LogP contribution is 2.25. The molecule has 0 saturated carbocycles. The maximum Gasteiger partial charge on any atom is 0.377 e. The van der Waals surface area contributed by atoms with Gasteiger partial charge in [0.1, 0.15) is 0 Å². The normalized spacial score (nSPS) is 23.6. The predicted molar refractivity (Wildman–Crippen MR) is 71.5 cm³/mol. The molecule has 2 atom stereocenters. The number of benzene rings is 1. The lowest BCUT2D eigenvalue weighted by Gasteiger charge is -2.19. The van der Waals surface area contributed by atoms with Crippen molar-refractivity contribution in [3.05, 3.63) is 35.9 Å². The molecule has 1 heterocycles. The number of hydrogen-bond acceptors (Lipinski definition) is 4. The van der Waals surface area contributed by atoms with Crippen LogP contribution in [0.2, 0.25) is 6.82 Å². The monoisotopic (exact) mass is 249 g/mol. The van der Waals surface area contributed by atoms with Crippen LogP contribution in [0.4, 0.5) is 0 Å². The van der Waals surface area contributed by atoms with Crippen molar-refractivity contribution < 1.29 is 14.1 Å². The number of methoxy groups -OCH3 is 1. The van der Waals surface area contributed by atoms with Gasteiger partial charge in [0, 0.05) is 7.11 Å². The SMILES string of the molecule is COCCOC[C@@H]1OB(C)N[C@@H]1c1ccccc1. The van der Waals surface area contributed by atoms with Gasteiger partial charge in [-0.05, 0) is 12.4 Å². The lowest BCUT2D eigenvalue weighted by atomic mass is 9.88. The average molecular weight is 249 g/mol. The van der Waals surface area contributed by atoms with E-state index in [1.165, 1.54) is 5.56 Å². The van der Waals surface area contributed by atoms with Crippen molar-refractivity contribution in [1.29, 1.82) is 0 Å². The molecule has 0 radical (unpaired) electrons. The van der Waals surface area contributed by atoms with E-state index in [0.29, 0.717) is 19.8 Å². The van der Waals surface area contributed by atoms with Gasteiger partial charge >= 0.3 is 7.05 Å². The van der Waals surface area contributed by atoms with Crippen molar-refractivity contribution in [3.8, 4) is 0 Å². The second-order valence-electron chi connectivity index (χ2n) is 4.44. The molecule has 1 aliphatic heterocycles. The Bertz CT molecular complexity index is 349. The van der Waals surface area contributed by atoms with Crippen molar-refractivity contribution in [2.24, 2.45) is 0 Å². The number of ether oxygens (including phenoxy) is 2. The van der Waals surface area contributed by atoms with Crippen LogP contribution in [0.25, 0.3) is 0 Å². The Labute approximate surface area is 109 Å². The van der Waals surface area contributed by atoms with Crippen molar-refractivity contribution >= 4 is 7.05 Å². The molecule has 0 aromatic heterocycles. The van der Waals surface area contributed by atoms with E-state index in [2.05, 4.69) is 17.4 Å². The Kier molecular flexibility index (Phi) is 5.19. The van der Waals surface area contributed by atoms with Crippen molar-refractivity contribution in [2.75, 3.05) is 26.9 Å². The van der Waals surface area contributed by atoms with Gasteiger partial charge in [-0.3, -0.25) is 0 Å². The second-order valence-corrected chi connectivity index (χ2v) is 4.44. The summed E-state index contributed by atoms with van der Waals surface area (Å²) in [5, 5.41) is 3.43. The van der Waals surface area contributed by atoms with Gasteiger partial charge in [0.25, 0.3) is 0 Å². The summed E-state index contributed by atoms with van der Waals surface area (Å²) in [6, 6.07) is 10.5. The minimum Gasteiger partial charge on any atom is -0.414 e. The fraction of sp³-hybridized carbons (Fsp3) is 0.538. The van der Waals surface area contributed by atoms with Crippen LogP contribution in [-0.2, 0) is 14.1 Å². The van der Waals surface area contributed by atoms with E-state index in [-0.39, 0.29) is 19.2 Å². The van der Waals surface area contributed by atoms with Crippen LogP contribution in [-0.4, -0.2) is 40.1 Å². The zero-order chi connectivity index (χ0) is 12.8. The van der Waals surface area contributed by atoms with E-state index in [1.807, 2.05) is 25.0 Å². The topological polar surface area (TPSA) is 39.7 Å². The molecule has 1 N–H and O–H groups in total. The smallest absolute Gasteiger partial charge is 0.377 e. The summed E-state index contributed by atoms with van der Waals surface area (Å²) in [4.78, 5) is 0. The van der Waals surface area contributed by atoms with Crippen LogP contribution in [0.1, 0.15) is 11.6 Å².